The highest BCUT2D eigenvalue weighted by Crippen LogP contribution is 2.19. The van der Waals surface area contributed by atoms with E-state index in [1.807, 2.05) is 24.3 Å². The van der Waals surface area contributed by atoms with Crippen molar-refractivity contribution in [2.24, 2.45) is 0 Å². The highest BCUT2D eigenvalue weighted by atomic mass is 16.4. The van der Waals surface area contributed by atoms with Crippen LogP contribution in [0.1, 0.15) is 85.3 Å². The first kappa shape index (κ1) is 23.8. The summed E-state index contributed by atoms with van der Waals surface area (Å²) < 4.78 is 0. The van der Waals surface area contributed by atoms with E-state index in [4.69, 9.17) is 5.11 Å². The van der Waals surface area contributed by atoms with Crippen molar-refractivity contribution in [3.05, 3.63) is 71.1 Å². The highest BCUT2D eigenvalue weighted by Gasteiger charge is 2.12. The van der Waals surface area contributed by atoms with Crippen LogP contribution in [-0.2, 0) is 6.42 Å². The molecule has 0 bridgehead atoms. The number of aliphatic hydroxyl groups excluding tert-OH is 2. The normalized spacial score (nSPS) is 13.4. The number of unbranched alkanes of at least 4 members (excludes halogenated alkanes) is 5. The molecule has 5 nitrogen and oxygen atoms in total. The van der Waals surface area contributed by atoms with E-state index in [2.05, 4.69) is 11.9 Å². The Labute approximate surface area is 179 Å². The summed E-state index contributed by atoms with van der Waals surface area (Å²) in [5.74, 6) is -1.02. The Morgan fingerprint density at radius 2 is 1.77 bits per heavy atom. The highest BCUT2D eigenvalue weighted by molar-refractivity contribution is 5.87. The van der Waals surface area contributed by atoms with E-state index in [1.54, 1.807) is 18.2 Å². The molecule has 0 saturated carbocycles. The molecule has 0 spiro atoms. The molecule has 0 fully saturated rings. The number of aromatic carboxylic acids is 1. The first-order chi connectivity index (χ1) is 14.5. The van der Waals surface area contributed by atoms with Crippen LogP contribution >= 0.6 is 0 Å². The largest absolute Gasteiger partial charge is 0.478 e. The number of benzene rings is 1. The molecule has 1 aromatic carbocycles. The maximum atomic E-state index is 11.1. The zero-order chi connectivity index (χ0) is 21.8. The minimum Gasteiger partial charge on any atom is -0.478 e. The lowest BCUT2D eigenvalue weighted by molar-refractivity contribution is 0.0696. The Morgan fingerprint density at radius 3 is 2.53 bits per heavy atom. The first-order valence-corrected chi connectivity index (χ1v) is 10.8. The molecule has 0 amide bonds. The second-order valence-electron chi connectivity index (χ2n) is 7.69. The van der Waals surface area contributed by atoms with E-state index in [0.29, 0.717) is 11.3 Å². The molecule has 0 aliphatic carbocycles. The van der Waals surface area contributed by atoms with E-state index < -0.39 is 18.2 Å². The summed E-state index contributed by atoms with van der Waals surface area (Å²) in [6.45, 7) is 2.20. The fourth-order valence-corrected chi connectivity index (χ4v) is 3.34. The monoisotopic (exact) mass is 411 g/mol. The standard InChI is InChI=1S/C25H33NO4/c1-2-3-4-5-6-7-14-23(27)16-15-21-12-9-13-22(26-21)18-24(28)19-10-8-11-20(17-19)25(29)30/h8-13,15-17,23-24,27-28H,2-7,14,18H2,1H3,(H,29,30)/b16-15+. The maximum Gasteiger partial charge on any atom is 0.335 e. The van der Waals surface area contributed by atoms with Gasteiger partial charge in [0.15, 0.2) is 0 Å². The minimum absolute atomic E-state index is 0.149. The van der Waals surface area contributed by atoms with Crippen LogP contribution in [0.25, 0.3) is 6.08 Å². The topological polar surface area (TPSA) is 90.7 Å². The summed E-state index contributed by atoms with van der Waals surface area (Å²) in [6.07, 6.45) is 10.5. The Bertz CT molecular complexity index is 818. The second kappa shape index (κ2) is 12.9. The molecule has 0 saturated heterocycles. The van der Waals surface area contributed by atoms with Crippen LogP contribution in [0.5, 0.6) is 0 Å². The SMILES string of the molecule is CCCCCCCCC(O)/C=C/c1cccc(CC(O)c2cccc(C(=O)O)c2)n1. The molecule has 2 aromatic rings. The fraction of sp³-hybridized carbons (Fsp3) is 0.440. The van der Waals surface area contributed by atoms with Crippen LogP contribution in [0.4, 0.5) is 0 Å². The average molecular weight is 412 g/mol. The Morgan fingerprint density at radius 1 is 1.03 bits per heavy atom. The fourth-order valence-electron chi connectivity index (χ4n) is 3.34. The van der Waals surface area contributed by atoms with Crippen LogP contribution in [0.2, 0.25) is 0 Å². The van der Waals surface area contributed by atoms with E-state index in [1.165, 1.54) is 37.8 Å². The Kier molecular flexibility index (Phi) is 10.3. The molecule has 2 rings (SSSR count). The van der Waals surface area contributed by atoms with E-state index >= 15 is 0 Å². The van der Waals surface area contributed by atoms with Crippen LogP contribution in [0, 0.1) is 0 Å². The lowest BCUT2D eigenvalue weighted by atomic mass is 10.0. The number of nitrogens with zero attached hydrogens (tertiary/aromatic N) is 1. The van der Waals surface area contributed by atoms with Gasteiger partial charge in [0.1, 0.15) is 0 Å². The van der Waals surface area contributed by atoms with Crippen molar-refractivity contribution in [3.8, 4) is 0 Å². The second-order valence-corrected chi connectivity index (χ2v) is 7.69. The molecular weight excluding hydrogens is 378 g/mol. The van der Waals surface area contributed by atoms with Crippen LogP contribution in [0.3, 0.4) is 0 Å². The number of aromatic nitrogens is 1. The number of pyridine rings is 1. The molecule has 162 valence electrons. The lowest BCUT2D eigenvalue weighted by Gasteiger charge is -2.12. The van der Waals surface area contributed by atoms with Crippen LogP contribution in [-0.4, -0.2) is 32.4 Å². The number of aliphatic hydroxyl groups is 2. The third-order valence-electron chi connectivity index (χ3n) is 5.09. The van der Waals surface area contributed by atoms with Gasteiger partial charge in [0.25, 0.3) is 0 Å². The summed E-state index contributed by atoms with van der Waals surface area (Å²) >= 11 is 0. The predicted octanol–water partition coefficient (Wildman–Crippen LogP) is 5.18. The summed E-state index contributed by atoms with van der Waals surface area (Å²) in [7, 11) is 0. The Hall–Kier alpha value is -2.50. The number of carbonyl (C=O) groups is 1. The van der Waals surface area contributed by atoms with Crippen LogP contribution in [0.15, 0.2) is 48.5 Å². The van der Waals surface area contributed by atoms with Gasteiger partial charge in [0.05, 0.1) is 23.5 Å². The zero-order valence-electron chi connectivity index (χ0n) is 17.7. The third-order valence-corrected chi connectivity index (χ3v) is 5.09. The number of hydrogen-bond donors (Lipinski definition) is 3. The minimum atomic E-state index is -1.02. The average Bonchev–Trinajstić information content (AvgIpc) is 2.75. The molecule has 1 aromatic heterocycles. The number of carboxylic acid groups (broad SMARTS) is 1. The molecule has 5 heteroatoms. The molecular formula is C25H33NO4. The van der Waals surface area contributed by atoms with Gasteiger partial charge in [-0.05, 0) is 42.3 Å². The summed E-state index contributed by atoms with van der Waals surface area (Å²) in [5, 5.41) is 29.7. The predicted molar refractivity (Wildman–Crippen MR) is 119 cm³/mol. The summed E-state index contributed by atoms with van der Waals surface area (Å²) in [6, 6.07) is 11.9. The van der Waals surface area contributed by atoms with Gasteiger partial charge in [-0.1, -0.05) is 69.7 Å². The molecule has 0 aliphatic rings. The van der Waals surface area contributed by atoms with Crippen molar-refractivity contribution in [2.45, 2.75) is 70.5 Å². The number of hydrogen-bond acceptors (Lipinski definition) is 4. The molecule has 0 radical (unpaired) electrons. The van der Waals surface area contributed by atoms with Gasteiger partial charge in [0, 0.05) is 12.1 Å². The van der Waals surface area contributed by atoms with Gasteiger partial charge < -0.3 is 15.3 Å². The number of rotatable bonds is 13. The lowest BCUT2D eigenvalue weighted by Crippen LogP contribution is -2.06. The molecule has 3 N–H and O–H groups in total. The van der Waals surface area contributed by atoms with Crippen molar-refractivity contribution in [1.82, 2.24) is 4.98 Å². The zero-order valence-corrected chi connectivity index (χ0v) is 17.7. The van der Waals surface area contributed by atoms with Crippen molar-refractivity contribution < 1.29 is 20.1 Å². The van der Waals surface area contributed by atoms with Crippen molar-refractivity contribution in [2.75, 3.05) is 0 Å². The molecule has 0 aliphatic heterocycles. The van der Waals surface area contributed by atoms with Gasteiger partial charge in [-0.2, -0.15) is 0 Å². The smallest absolute Gasteiger partial charge is 0.335 e. The van der Waals surface area contributed by atoms with Gasteiger partial charge >= 0.3 is 5.97 Å². The van der Waals surface area contributed by atoms with Gasteiger partial charge in [0.2, 0.25) is 0 Å². The van der Waals surface area contributed by atoms with Crippen molar-refractivity contribution >= 4 is 12.0 Å². The quantitative estimate of drug-likeness (QED) is 0.395. The van der Waals surface area contributed by atoms with Crippen molar-refractivity contribution in [3.63, 3.8) is 0 Å². The molecule has 30 heavy (non-hydrogen) atoms. The van der Waals surface area contributed by atoms with Gasteiger partial charge in [-0.25, -0.2) is 4.79 Å². The van der Waals surface area contributed by atoms with E-state index in [9.17, 15) is 15.0 Å². The Balaban J connectivity index is 1.87. The third kappa shape index (κ3) is 8.47. The van der Waals surface area contributed by atoms with Crippen LogP contribution < -0.4 is 0 Å². The maximum absolute atomic E-state index is 11.1. The van der Waals surface area contributed by atoms with Gasteiger partial charge in [-0.3, -0.25) is 4.98 Å². The first-order valence-electron chi connectivity index (χ1n) is 10.8. The van der Waals surface area contributed by atoms with E-state index in [-0.39, 0.29) is 12.0 Å². The van der Waals surface area contributed by atoms with Gasteiger partial charge in [-0.15, -0.1) is 0 Å². The molecule has 2 unspecified atom stereocenters. The van der Waals surface area contributed by atoms with E-state index in [0.717, 1.165) is 25.0 Å². The van der Waals surface area contributed by atoms with Crippen molar-refractivity contribution in [1.29, 1.82) is 0 Å². The molecule has 1 heterocycles. The molecule has 2 atom stereocenters. The number of carboxylic acids is 1. The summed E-state index contributed by atoms with van der Waals surface area (Å²) in [4.78, 5) is 15.6. The summed E-state index contributed by atoms with van der Waals surface area (Å²) in [5.41, 5.74) is 2.12.